The van der Waals surface area contributed by atoms with E-state index in [9.17, 15) is 4.79 Å². The molecule has 0 aliphatic carbocycles. The van der Waals surface area contributed by atoms with Crippen LogP contribution in [-0.2, 0) is 24.2 Å². The number of rotatable bonds is 6. The fourth-order valence-electron chi connectivity index (χ4n) is 3.40. The summed E-state index contributed by atoms with van der Waals surface area (Å²) in [5.74, 6) is 0.0332. The maximum absolute atomic E-state index is 13.4. The Hall–Kier alpha value is -2.69. The number of thiazole rings is 1. The lowest BCUT2D eigenvalue weighted by Crippen LogP contribution is -2.31. The molecule has 152 valence electrons. The van der Waals surface area contributed by atoms with Gasteiger partial charge in [-0.25, -0.2) is 4.98 Å². The lowest BCUT2D eigenvalue weighted by molar-refractivity contribution is -0.118. The van der Waals surface area contributed by atoms with E-state index in [2.05, 4.69) is 19.1 Å². The maximum Gasteiger partial charge on any atom is 0.233 e. The van der Waals surface area contributed by atoms with Crippen LogP contribution in [0.5, 0.6) is 0 Å². The second-order valence-corrected chi connectivity index (χ2v) is 8.74. The van der Waals surface area contributed by atoms with Crippen molar-refractivity contribution >= 4 is 44.2 Å². The Morgan fingerprint density at radius 2 is 1.67 bits per heavy atom. The molecule has 4 aromatic rings. The molecule has 0 saturated carbocycles. The summed E-state index contributed by atoms with van der Waals surface area (Å²) in [6.07, 6.45) is 1.33. The monoisotopic (exact) mass is 434 g/mol. The fraction of sp³-hybridized carbons (Fsp3) is 0.200. The zero-order valence-corrected chi connectivity index (χ0v) is 18.6. The molecule has 1 heterocycles. The molecule has 4 rings (SSSR count). The molecule has 0 aliphatic rings. The lowest BCUT2D eigenvalue weighted by atomic mass is 10.1. The lowest BCUT2D eigenvalue weighted by Gasteiger charge is -2.20. The summed E-state index contributed by atoms with van der Waals surface area (Å²) in [6, 6.07) is 22.2. The number of amides is 1. The molecule has 3 aromatic carbocycles. The molecule has 0 bridgehead atoms. The van der Waals surface area contributed by atoms with Crippen LogP contribution >= 0.6 is 22.9 Å². The van der Waals surface area contributed by atoms with Gasteiger partial charge in [-0.05, 0) is 47.7 Å². The quantitative estimate of drug-likeness (QED) is 0.342. The summed E-state index contributed by atoms with van der Waals surface area (Å²) in [7, 11) is 0. The number of carbonyl (C=O) groups excluding carboxylic acids is 1. The molecule has 1 amide bonds. The van der Waals surface area contributed by atoms with Crippen molar-refractivity contribution in [2.75, 3.05) is 4.90 Å². The van der Waals surface area contributed by atoms with Gasteiger partial charge in [0.2, 0.25) is 5.91 Å². The first-order chi connectivity index (χ1) is 14.5. The topological polar surface area (TPSA) is 33.2 Å². The Kier molecular flexibility index (Phi) is 6.16. The van der Waals surface area contributed by atoms with E-state index < -0.39 is 0 Å². The Balaban J connectivity index is 1.68. The van der Waals surface area contributed by atoms with Crippen LogP contribution in [0.3, 0.4) is 0 Å². The third-order valence-corrected chi connectivity index (χ3v) is 6.69. The van der Waals surface area contributed by atoms with E-state index in [4.69, 9.17) is 16.6 Å². The fourth-order valence-corrected chi connectivity index (χ4v) is 4.59. The van der Waals surface area contributed by atoms with Crippen LogP contribution in [0, 0.1) is 6.92 Å². The first-order valence-electron chi connectivity index (χ1n) is 10.0. The molecule has 0 N–H and O–H groups in total. The molecule has 0 atom stereocenters. The van der Waals surface area contributed by atoms with Gasteiger partial charge in [-0.1, -0.05) is 84.5 Å². The molecule has 0 saturated heterocycles. The zero-order chi connectivity index (χ0) is 21.1. The number of halogens is 1. The van der Waals surface area contributed by atoms with Crippen LogP contribution < -0.4 is 4.90 Å². The minimum Gasteiger partial charge on any atom is -0.283 e. The number of nitrogens with zero attached hydrogens (tertiary/aromatic N) is 2. The van der Waals surface area contributed by atoms with E-state index in [0.717, 1.165) is 33.3 Å². The second-order valence-electron chi connectivity index (χ2n) is 7.33. The van der Waals surface area contributed by atoms with Crippen molar-refractivity contribution in [3.8, 4) is 0 Å². The number of aryl methyl sites for hydroxylation is 2. The van der Waals surface area contributed by atoms with Gasteiger partial charge in [-0.2, -0.15) is 0 Å². The summed E-state index contributed by atoms with van der Waals surface area (Å²) >= 11 is 7.81. The molecule has 0 unspecified atom stereocenters. The minimum absolute atomic E-state index is 0.0332. The van der Waals surface area contributed by atoms with Gasteiger partial charge in [0, 0.05) is 5.02 Å². The number of carbonyl (C=O) groups is 1. The van der Waals surface area contributed by atoms with E-state index >= 15 is 0 Å². The maximum atomic E-state index is 13.4. The zero-order valence-electron chi connectivity index (χ0n) is 17.1. The largest absolute Gasteiger partial charge is 0.283 e. The van der Waals surface area contributed by atoms with Crippen molar-refractivity contribution in [3.05, 3.63) is 94.0 Å². The Bertz CT molecular complexity index is 1170. The summed E-state index contributed by atoms with van der Waals surface area (Å²) in [6.45, 7) is 4.58. The van der Waals surface area contributed by atoms with E-state index in [0.29, 0.717) is 23.1 Å². The van der Waals surface area contributed by atoms with Crippen LogP contribution in [0.15, 0.2) is 66.7 Å². The molecule has 0 spiro atoms. The van der Waals surface area contributed by atoms with Crippen LogP contribution in [-0.4, -0.2) is 10.9 Å². The number of hydrogen-bond donors (Lipinski definition) is 0. The predicted octanol–water partition coefficient (Wildman–Crippen LogP) is 6.60. The Labute approximate surface area is 186 Å². The van der Waals surface area contributed by atoms with Crippen molar-refractivity contribution in [2.24, 2.45) is 0 Å². The van der Waals surface area contributed by atoms with Gasteiger partial charge in [0.05, 0.1) is 23.2 Å². The predicted molar refractivity (Wildman–Crippen MR) is 127 cm³/mol. The van der Waals surface area contributed by atoms with E-state index in [1.54, 1.807) is 4.90 Å². The van der Waals surface area contributed by atoms with Crippen LogP contribution in [0.4, 0.5) is 5.13 Å². The van der Waals surface area contributed by atoms with Crippen LogP contribution in [0.1, 0.15) is 29.2 Å². The van der Waals surface area contributed by atoms with Gasteiger partial charge in [-0.3, -0.25) is 9.69 Å². The van der Waals surface area contributed by atoms with Gasteiger partial charge in [-0.15, -0.1) is 0 Å². The van der Waals surface area contributed by atoms with Gasteiger partial charge in [0.1, 0.15) is 0 Å². The highest BCUT2D eigenvalue weighted by Crippen LogP contribution is 2.34. The molecule has 0 aliphatic heterocycles. The standard InChI is InChI=1S/C25H23ClN2OS/c1-3-18-9-11-19(12-10-18)15-23(29)28(16-20-7-5-4-6-8-20)25-27-24-17(2)21(26)13-14-22(24)30-25/h4-14H,3,15-16H2,1-2H3. The molecule has 1 aromatic heterocycles. The summed E-state index contributed by atoms with van der Waals surface area (Å²) in [4.78, 5) is 20.0. The summed E-state index contributed by atoms with van der Waals surface area (Å²) in [5.41, 5.74) is 5.15. The minimum atomic E-state index is 0.0332. The third kappa shape index (κ3) is 4.40. The van der Waals surface area contributed by atoms with Gasteiger partial charge >= 0.3 is 0 Å². The van der Waals surface area contributed by atoms with Crippen molar-refractivity contribution in [1.29, 1.82) is 0 Å². The number of anilines is 1. The number of fused-ring (bicyclic) bond motifs is 1. The molecular formula is C25H23ClN2OS. The Morgan fingerprint density at radius 1 is 0.967 bits per heavy atom. The summed E-state index contributed by atoms with van der Waals surface area (Å²) < 4.78 is 1.03. The van der Waals surface area contributed by atoms with E-state index in [1.807, 2.05) is 61.5 Å². The molecule has 30 heavy (non-hydrogen) atoms. The normalized spacial score (nSPS) is 11.0. The van der Waals surface area contributed by atoms with Crippen molar-refractivity contribution in [2.45, 2.75) is 33.2 Å². The highest BCUT2D eigenvalue weighted by atomic mass is 35.5. The number of aromatic nitrogens is 1. The highest BCUT2D eigenvalue weighted by molar-refractivity contribution is 7.22. The molecule has 0 radical (unpaired) electrons. The van der Waals surface area contributed by atoms with E-state index in [1.165, 1.54) is 16.9 Å². The second kappa shape index (κ2) is 8.99. The molecular weight excluding hydrogens is 412 g/mol. The van der Waals surface area contributed by atoms with Crippen molar-refractivity contribution in [1.82, 2.24) is 4.98 Å². The van der Waals surface area contributed by atoms with Crippen LogP contribution in [0.2, 0.25) is 5.02 Å². The van der Waals surface area contributed by atoms with Crippen molar-refractivity contribution < 1.29 is 4.79 Å². The number of hydrogen-bond acceptors (Lipinski definition) is 3. The molecule has 3 nitrogen and oxygen atoms in total. The van der Waals surface area contributed by atoms with E-state index in [-0.39, 0.29) is 5.91 Å². The first kappa shape index (κ1) is 20.6. The average molecular weight is 435 g/mol. The first-order valence-corrected chi connectivity index (χ1v) is 11.2. The third-order valence-electron chi connectivity index (χ3n) is 5.24. The smallest absolute Gasteiger partial charge is 0.233 e. The SMILES string of the molecule is CCc1ccc(CC(=O)N(Cc2ccccc2)c2nc3c(C)c(Cl)ccc3s2)cc1. The highest BCUT2D eigenvalue weighted by Gasteiger charge is 2.21. The van der Waals surface area contributed by atoms with Gasteiger partial charge in [0.25, 0.3) is 0 Å². The molecule has 5 heteroatoms. The van der Waals surface area contributed by atoms with Gasteiger partial charge in [0.15, 0.2) is 5.13 Å². The van der Waals surface area contributed by atoms with Crippen LogP contribution in [0.25, 0.3) is 10.2 Å². The number of benzene rings is 3. The Morgan fingerprint density at radius 3 is 2.37 bits per heavy atom. The summed E-state index contributed by atoms with van der Waals surface area (Å²) in [5, 5.41) is 1.39. The molecule has 0 fully saturated rings. The van der Waals surface area contributed by atoms with Gasteiger partial charge < -0.3 is 0 Å². The van der Waals surface area contributed by atoms with Crippen molar-refractivity contribution in [3.63, 3.8) is 0 Å². The average Bonchev–Trinajstić information content (AvgIpc) is 3.20.